The number of aliphatic hydroxyl groups is 1. The third kappa shape index (κ3) is 5.48. The fourth-order valence-electron chi connectivity index (χ4n) is 2.80. The van der Waals surface area contributed by atoms with E-state index >= 15 is 0 Å². The van der Waals surface area contributed by atoms with Gasteiger partial charge in [0.2, 0.25) is 5.91 Å². The van der Waals surface area contributed by atoms with Crippen molar-refractivity contribution in [1.29, 1.82) is 0 Å². The topological polar surface area (TPSA) is 43.8 Å². The summed E-state index contributed by atoms with van der Waals surface area (Å²) >= 11 is 0. The minimum absolute atomic E-state index is 0.0125. The van der Waals surface area contributed by atoms with Crippen molar-refractivity contribution in [3.8, 4) is 0 Å². The molecule has 1 aromatic rings. The molecule has 4 heteroatoms. The van der Waals surface area contributed by atoms with Crippen LogP contribution in [0.3, 0.4) is 0 Å². The van der Waals surface area contributed by atoms with Gasteiger partial charge in [-0.15, -0.1) is 0 Å². The Morgan fingerprint density at radius 2 is 1.76 bits per heavy atom. The smallest absolute Gasteiger partial charge is 0.237 e. The van der Waals surface area contributed by atoms with Gasteiger partial charge in [0.1, 0.15) is 0 Å². The Morgan fingerprint density at radius 3 is 2.38 bits per heavy atom. The van der Waals surface area contributed by atoms with Crippen molar-refractivity contribution in [3.63, 3.8) is 0 Å². The molecule has 1 heterocycles. The first-order chi connectivity index (χ1) is 10.3. The van der Waals surface area contributed by atoms with Gasteiger partial charge in [-0.1, -0.05) is 43.2 Å². The highest BCUT2D eigenvalue weighted by Gasteiger charge is 2.18. The monoisotopic (exact) mass is 290 g/mol. The van der Waals surface area contributed by atoms with Crippen LogP contribution in [0, 0.1) is 0 Å². The van der Waals surface area contributed by atoms with Crippen LogP contribution in [0.4, 0.5) is 0 Å². The zero-order valence-corrected chi connectivity index (χ0v) is 12.7. The summed E-state index contributed by atoms with van der Waals surface area (Å²) in [4.78, 5) is 16.5. The zero-order valence-electron chi connectivity index (χ0n) is 12.7. The Bertz CT molecular complexity index is 414. The Labute approximate surface area is 127 Å². The fraction of sp³-hybridized carbons (Fsp3) is 0.588. The van der Waals surface area contributed by atoms with Crippen LogP contribution in [0.1, 0.15) is 31.2 Å². The lowest BCUT2D eigenvalue weighted by molar-refractivity contribution is -0.133. The average molecular weight is 290 g/mol. The lowest BCUT2D eigenvalue weighted by Crippen LogP contribution is -2.41. The third-order valence-corrected chi connectivity index (χ3v) is 4.00. The fourth-order valence-corrected chi connectivity index (χ4v) is 2.80. The van der Waals surface area contributed by atoms with Crippen molar-refractivity contribution >= 4 is 5.91 Å². The average Bonchev–Trinajstić information content (AvgIpc) is 2.76. The third-order valence-electron chi connectivity index (χ3n) is 4.00. The number of hydrogen-bond acceptors (Lipinski definition) is 3. The Hall–Kier alpha value is -1.39. The van der Waals surface area contributed by atoms with Gasteiger partial charge in [-0.2, -0.15) is 0 Å². The Kier molecular flexibility index (Phi) is 6.70. The molecule has 1 fully saturated rings. The second-order valence-electron chi connectivity index (χ2n) is 5.71. The maximum atomic E-state index is 12.5. The van der Waals surface area contributed by atoms with Gasteiger partial charge in [-0.25, -0.2) is 0 Å². The molecule has 0 atom stereocenters. The lowest BCUT2D eigenvalue weighted by Gasteiger charge is -2.26. The summed E-state index contributed by atoms with van der Waals surface area (Å²) in [7, 11) is 0. The summed E-state index contributed by atoms with van der Waals surface area (Å²) in [6, 6.07) is 9.96. The number of hydrogen-bond donors (Lipinski definition) is 1. The van der Waals surface area contributed by atoms with Gasteiger partial charge in [0, 0.05) is 13.1 Å². The molecule has 2 rings (SSSR count). The first-order valence-electron chi connectivity index (χ1n) is 7.94. The number of benzene rings is 1. The van der Waals surface area contributed by atoms with E-state index in [1.54, 1.807) is 4.90 Å². The van der Waals surface area contributed by atoms with Crippen LogP contribution < -0.4 is 0 Å². The highest BCUT2D eigenvalue weighted by atomic mass is 16.3. The van der Waals surface area contributed by atoms with E-state index in [4.69, 9.17) is 0 Å². The molecular formula is C17H26N2O2. The maximum absolute atomic E-state index is 12.5. The molecule has 1 aromatic carbocycles. The summed E-state index contributed by atoms with van der Waals surface area (Å²) in [6.07, 6.45) is 4.92. The van der Waals surface area contributed by atoms with Crippen molar-refractivity contribution < 1.29 is 9.90 Å². The number of carbonyl (C=O) groups is 1. The number of rotatable bonds is 6. The number of likely N-dealkylation sites (tertiary alicyclic amines) is 1. The van der Waals surface area contributed by atoms with Crippen LogP contribution in [0.15, 0.2) is 30.3 Å². The first kappa shape index (κ1) is 16.0. The van der Waals surface area contributed by atoms with Crippen LogP contribution >= 0.6 is 0 Å². The van der Waals surface area contributed by atoms with Crippen LogP contribution in [0.2, 0.25) is 0 Å². The molecule has 1 saturated heterocycles. The maximum Gasteiger partial charge on any atom is 0.237 e. The van der Waals surface area contributed by atoms with Crippen LogP contribution in [-0.2, 0) is 11.3 Å². The van der Waals surface area contributed by atoms with E-state index < -0.39 is 0 Å². The molecule has 0 aromatic heterocycles. The lowest BCUT2D eigenvalue weighted by atomic mass is 10.2. The molecule has 21 heavy (non-hydrogen) atoms. The van der Waals surface area contributed by atoms with Gasteiger partial charge in [0.15, 0.2) is 0 Å². The number of amides is 1. The van der Waals surface area contributed by atoms with E-state index in [2.05, 4.69) is 4.90 Å². The molecule has 0 radical (unpaired) electrons. The number of carbonyl (C=O) groups excluding carboxylic acids is 1. The number of nitrogens with zero attached hydrogens (tertiary/aromatic N) is 2. The zero-order chi connectivity index (χ0) is 14.9. The summed E-state index contributed by atoms with van der Waals surface area (Å²) < 4.78 is 0. The summed E-state index contributed by atoms with van der Waals surface area (Å²) in [5.41, 5.74) is 1.11. The summed E-state index contributed by atoms with van der Waals surface area (Å²) in [6.45, 7) is 3.51. The first-order valence-corrected chi connectivity index (χ1v) is 7.94. The molecule has 0 aliphatic carbocycles. The second-order valence-corrected chi connectivity index (χ2v) is 5.71. The number of aliphatic hydroxyl groups excluding tert-OH is 1. The Balaban J connectivity index is 1.91. The van der Waals surface area contributed by atoms with E-state index in [1.807, 2.05) is 30.3 Å². The molecule has 0 unspecified atom stereocenters. The quantitative estimate of drug-likeness (QED) is 0.870. The molecule has 4 nitrogen and oxygen atoms in total. The SMILES string of the molecule is O=C(CN1CCCCCC1)N(CCO)Cc1ccccc1. The van der Waals surface area contributed by atoms with Gasteiger partial charge in [0.05, 0.1) is 13.2 Å². The molecule has 0 saturated carbocycles. The Morgan fingerprint density at radius 1 is 1.10 bits per heavy atom. The van der Waals surface area contributed by atoms with Gasteiger partial charge < -0.3 is 10.0 Å². The highest BCUT2D eigenvalue weighted by Crippen LogP contribution is 2.11. The van der Waals surface area contributed by atoms with Gasteiger partial charge in [0.25, 0.3) is 0 Å². The van der Waals surface area contributed by atoms with Gasteiger partial charge in [-0.3, -0.25) is 9.69 Å². The summed E-state index contributed by atoms with van der Waals surface area (Å²) in [5.74, 6) is 0.120. The largest absolute Gasteiger partial charge is 0.395 e. The molecule has 1 aliphatic rings. The van der Waals surface area contributed by atoms with E-state index in [1.165, 1.54) is 25.7 Å². The van der Waals surface area contributed by atoms with Crippen LogP contribution in [0.5, 0.6) is 0 Å². The van der Waals surface area contributed by atoms with Crippen LogP contribution in [-0.4, -0.2) is 53.6 Å². The minimum Gasteiger partial charge on any atom is -0.395 e. The summed E-state index contributed by atoms with van der Waals surface area (Å²) in [5, 5.41) is 9.21. The van der Waals surface area contributed by atoms with E-state index in [-0.39, 0.29) is 12.5 Å². The molecular weight excluding hydrogens is 264 g/mol. The van der Waals surface area contributed by atoms with E-state index in [9.17, 15) is 9.90 Å². The highest BCUT2D eigenvalue weighted by molar-refractivity contribution is 5.78. The van der Waals surface area contributed by atoms with Crippen molar-refractivity contribution in [3.05, 3.63) is 35.9 Å². The predicted octanol–water partition coefficient (Wildman–Crippen LogP) is 1.88. The van der Waals surface area contributed by atoms with Crippen LogP contribution in [0.25, 0.3) is 0 Å². The molecule has 0 bridgehead atoms. The molecule has 1 amide bonds. The standard InChI is InChI=1S/C17H26N2O2/c20-13-12-19(14-16-8-4-3-5-9-16)17(21)15-18-10-6-1-2-7-11-18/h3-5,8-9,20H,1-2,6-7,10-15H2. The molecule has 1 aliphatic heterocycles. The molecule has 1 N–H and O–H groups in total. The van der Waals surface area contributed by atoms with Crippen molar-refractivity contribution in [1.82, 2.24) is 9.80 Å². The van der Waals surface area contributed by atoms with Gasteiger partial charge in [-0.05, 0) is 31.5 Å². The molecule has 116 valence electrons. The van der Waals surface area contributed by atoms with Gasteiger partial charge >= 0.3 is 0 Å². The van der Waals surface area contributed by atoms with Crippen molar-refractivity contribution in [2.24, 2.45) is 0 Å². The molecule has 0 spiro atoms. The van der Waals surface area contributed by atoms with Crippen molar-refractivity contribution in [2.45, 2.75) is 32.2 Å². The normalized spacial score (nSPS) is 16.4. The van der Waals surface area contributed by atoms with E-state index in [0.717, 1.165) is 18.7 Å². The van der Waals surface area contributed by atoms with E-state index in [0.29, 0.717) is 19.6 Å². The predicted molar refractivity (Wildman–Crippen MR) is 83.9 cm³/mol. The minimum atomic E-state index is 0.0125. The van der Waals surface area contributed by atoms with Crippen molar-refractivity contribution in [2.75, 3.05) is 32.8 Å². The second kappa shape index (κ2) is 8.80.